The molecule has 2 nitrogen and oxygen atoms in total. The number of hydrogen-bond donors (Lipinski definition) is 1. The molecule has 0 radical (unpaired) electrons. The van der Waals surface area contributed by atoms with E-state index in [1.165, 1.54) is 0 Å². The van der Waals surface area contributed by atoms with Gasteiger partial charge in [-0.1, -0.05) is 15.9 Å². The van der Waals surface area contributed by atoms with Crippen molar-refractivity contribution in [2.45, 2.75) is 13.3 Å². The molecule has 0 fully saturated rings. The monoisotopic (exact) mass is 301 g/mol. The second-order valence-electron chi connectivity index (χ2n) is 3.18. The Morgan fingerprint density at radius 1 is 1.41 bits per heavy atom. The van der Waals surface area contributed by atoms with Crippen LogP contribution in [0, 0.1) is 23.5 Å². The standard InChI is InChI=1S/C12H10BrF2NO/c1-2-3-4-5-16-12(17)11-9(14)6-8(13)7-10(11)15/h6-7H,4-5H2,1H3,(H,16,17). The smallest absolute Gasteiger partial charge is 0.257 e. The van der Waals surface area contributed by atoms with Crippen LogP contribution in [0.3, 0.4) is 0 Å². The number of hydrogen-bond acceptors (Lipinski definition) is 1. The van der Waals surface area contributed by atoms with Gasteiger partial charge in [-0.05, 0) is 19.1 Å². The minimum Gasteiger partial charge on any atom is -0.351 e. The molecule has 1 aromatic rings. The van der Waals surface area contributed by atoms with E-state index < -0.39 is 23.1 Å². The summed E-state index contributed by atoms with van der Waals surface area (Å²) in [4.78, 5) is 11.5. The summed E-state index contributed by atoms with van der Waals surface area (Å²) in [6.45, 7) is 1.94. The van der Waals surface area contributed by atoms with Crippen molar-refractivity contribution in [1.82, 2.24) is 5.32 Å². The Morgan fingerprint density at radius 2 is 2.00 bits per heavy atom. The Bertz CT molecular complexity index is 468. The molecule has 90 valence electrons. The highest BCUT2D eigenvalue weighted by Gasteiger charge is 2.17. The van der Waals surface area contributed by atoms with E-state index in [0.29, 0.717) is 6.42 Å². The zero-order valence-corrected chi connectivity index (χ0v) is 10.7. The number of nitrogens with one attached hydrogen (secondary N) is 1. The third-order valence-electron chi connectivity index (χ3n) is 1.95. The predicted octanol–water partition coefficient (Wildman–Crippen LogP) is 2.87. The van der Waals surface area contributed by atoms with Crippen molar-refractivity contribution in [2.24, 2.45) is 0 Å². The van der Waals surface area contributed by atoms with Gasteiger partial charge in [0.1, 0.15) is 17.2 Å². The van der Waals surface area contributed by atoms with Crippen LogP contribution in [0.4, 0.5) is 8.78 Å². The summed E-state index contributed by atoms with van der Waals surface area (Å²) < 4.78 is 27.0. The molecule has 1 aromatic carbocycles. The minimum atomic E-state index is -0.893. The number of benzene rings is 1. The molecule has 0 heterocycles. The number of carbonyl (C=O) groups is 1. The van der Waals surface area contributed by atoms with Gasteiger partial charge < -0.3 is 5.32 Å². The third kappa shape index (κ3) is 3.82. The predicted molar refractivity (Wildman–Crippen MR) is 64.5 cm³/mol. The van der Waals surface area contributed by atoms with Crippen molar-refractivity contribution in [2.75, 3.05) is 6.54 Å². The first-order chi connectivity index (χ1) is 8.06. The molecule has 17 heavy (non-hydrogen) atoms. The summed E-state index contributed by atoms with van der Waals surface area (Å²) >= 11 is 2.94. The Morgan fingerprint density at radius 3 is 2.53 bits per heavy atom. The fourth-order valence-electron chi connectivity index (χ4n) is 1.21. The average Bonchev–Trinajstić information content (AvgIpc) is 2.23. The first-order valence-corrected chi connectivity index (χ1v) is 5.68. The molecule has 0 saturated carbocycles. The van der Waals surface area contributed by atoms with E-state index in [0.717, 1.165) is 12.1 Å². The normalized spacial score (nSPS) is 9.41. The molecule has 0 atom stereocenters. The Labute approximate surface area is 107 Å². The molecule has 1 N–H and O–H groups in total. The molecule has 0 aliphatic rings. The summed E-state index contributed by atoms with van der Waals surface area (Å²) in [5.41, 5.74) is -0.572. The Kier molecular flexibility index (Phi) is 5.11. The largest absolute Gasteiger partial charge is 0.351 e. The molecular formula is C12H10BrF2NO. The maximum Gasteiger partial charge on any atom is 0.257 e. The topological polar surface area (TPSA) is 29.1 Å². The van der Waals surface area contributed by atoms with E-state index in [4.69, 9.17) is 0 Å². The van der Waals surface area contributed by atoms with Gasteiger partial charge in [-0.2, -0.15) is 0 Å². The van der Waals surface area contributed by atoms with Crippen molar-refractivity contribution >= 4 is 21.8 Å². The van der Waals surface area contributed by atoms with Gasteiger partial charge in [0.15, 0.2) is 0 Å². The van der Waals surface area contributed by atoms with Crippen molar-refractivity contribution in [3.05, 3.63) is 33.8 Å². The summed E-state index contributed by atoms with van der Waals surface area (Å²) in [7, 11) is 0. The van der Waals surface area contributed by atoms with Crippen molar-refractivity contribution in [1.29, 1.82) is 0 Å². The third-order valence-corrected chi connectivity index (χ3v) is 2.40. The molecule has 0 aromatic heterocycles. The van der Waals surface area contributed by atoms with Gasteiger partial charge in [-0.15, -0.1) is 11.8 Å². The van der Waals surface area contributed by atoms with E-state index in [1.54, 1.807) is 6.92 Å². The van der Waals surface area contributed by atoms with E-state index in [2.05, 4.69) is 33.1 Å². The maximum absolute atomic E-state index is 13.4. The van der Waals surface area contributed by atoms with Crippen molar-refractivity contribution < 1.29 is 13.6 Å². The molecule has 1 amide bonds. The molecule has 5 heteroatoms. The summed E-state index contributed by atoms with van der Waals surface area (Å²) in [5.74, 6) is 2.83. The first-order valence-electron chi connectivity index (χ1n) is 4.88. The highest BCUT2D eigenvalue weighted by Crippen LogP contribution is 2.19. The quantitative estimate of drug-likeness (QED) is 0.675. The summed E-state index contributed by atoms with van der Waals surface area (Å²) in [5, 5.41) is 2.40. The molecule has 1 rings (SSSR count). The molecule has 0 unspecified atom stereocenters. The molecular weight excluding hydrogens is 292 g/mol. The van der Waals surface area contributed by atoms with Crippen LogP contribution in [0.1, 0.15) is 23.7 Å². The van der Waals surface area contributed by atoms with Crippen LogP contribution < -0.4 is 5.32 Å². The maximum atomic E-state index is 13.4. The van der Waals surface area contributed by atoms with E-state index in [9.17, 15) is 13.6 Å². The van der Waals surface area contributed by atoms with Crippen LogP contribution in [0.2, 0.25) is 0 Å². The minimum absolute atomic E-state index is 0.251. The number of amides is 1. The van der Waals surface area contributed by atoms with Crippen LogP contribution in [-0.4, -0.2) is 12.5 Å². The van der Waals surface area contributed by atoms with Gasteiger partial charge in [-0.25, -0.2) is 8.78 Å². The second kappa shape index (κ2) is 6.36. The highest BCUT2D eigenvalue weighted by molar-refractivity contribution is 9.10. The fourth-order valence-corrected chi connectivity index (χ4v) is 1.61. The van der Waals surface area contributed by atoms with E-state index >= 15 is 0 Å². The molecule has 0 saturated heterocycles. The van der Waals surface area contributed by atoms with Crippen LogP contribution in [-0.2, 0) is 0 Å². The van der Waals surface area contributed by atoms with E-state index in [1.807, 2.05) is 0 Å². The van der Waals surface area contributed by atoms with Crippen LogP contribution in [0.25, 0.3) is 0 Å². The van der Waals surface area contributed by atoms with Gasteiger partial charge in [0, 0.05) is 17.4 Å². The average molecular weight is 302 g/mol. The highest BCUT2D eigenvalue weighted by atomic mass is 79.9. The van der Waals surface area contributed by atoms with Crippen LogP contribution in [0.5, 0.6) is 0 Å². The second-order valence-corrected chi connectivity index (χ2v) is 4.09. The van der Waals surface area contributed by atoms with Crippen molar-refractivity contribution in [3.8, 4) is 11.8 Å². The lowest BCUT2D eigenvalue weighted by molar-refractivity contribution is 0.0946. The number of carbonyl (C=O) groups excluding carboxylic acids is 1. The van der Waals surface area contributed by atoms with Crippen LogP contribution in [0.15, 0.2) is 16.6 Å². The van der Waals surface area contributed by atoms with Gasteiger partial charge in [0.2, 0.25) is 0 Å². The Balaban J connectivity index is 2.77. The lowest BCUT2D eigenvalue weighted by Gasteiger charge is -2.06. The van der Waals surface area contributed by atoms with Gasteiger partial charge >= 0.3 is 0 Å². The lowest BCUT2D eigenvalue weighted by Crippen LogP contribution is -2.26. The zero-order chi connectivity index (χ0) is 12.8. The first kappa shape index (κ1) is 13.7. The zero-order valence-electron chi connectivity index (χ0n) is 9.11. The molecule has 0 aliphatic heterocycles. The molecule has 0 spiro atoms. The summed E-state index contributed by atoms with van der Waals surface area (Å²) in [6.07, 6.45) is 0.446. The lowest BCUT2D eigenvalue weighted by atomic mass is 10.2. The molecule has 0 aliphatic carbocycles. The number of rotatable bonds is 3. The molecule has 0 bridgehead atoms. The SMILES string of the molecule is CC#CCCNC(=O)c1c(F)cc(Br)cc1F. The van der Waals surface area contributed by atoms with Crippen molar-refractivity contribution in [3.63, 3.8) is 0 Å². The Hall–Kier alpha value is -1.41. The van der Waals surface area contributed by atoms with Crippen LogP contribution >= 0.6 is 15.9 Å². The fraction of sp³-hybridized carbons (Fsp3) is 0.250. The van der Waals surface area contributed by atoms with Gasteiger partial charge in [-0.3, -0.25) is 4.79 Å². The van der Waals surface area contributed by atoms with Gasteiger partial charge in [0.25, 0.3) is 5.91 Å². The van der Waals surface area contributed by atoms with Gasteiger partial charge in [0.05, 0.1) is 0 Å². The summed E-state index contributed by atoms with van der Waals surface area (Å²) in [6, 6.07) is 2.09. The number of halogens is 3. The van der Waals surface area contributed by atoms with E-state index in [-0.39, 0.29) is 11.0 Å².